The van der Waals surface area contributed by atoms with Crippen LogP contribution in [0.1, 0.15) is 46.1 Å². The second kappa shape index (κ2) is 7.74. The summed E-state index contributed by atoms with van der Waals surface area (Å²) in [6, 6.07) is 7.97. The number of aromatic nitrogens is 2. The van der Waals surface area contributed by atoms with Gasteiger partial charge in [0.25, 0.3) is 5.91 Å². The van der Waals surface area contributed by atoms with Crippen LogP contribution in [0.5, 0.6) is 0 Å². The third-order valence-corrected chi connectivity index (χ3v) is 4.80. The zero-order chi connectivity index (χ0) is 17.8. The van der Waals surface area contributed by atoms with Crippen LogP contribution in [0, 0.1) is 6.92 Å². The van der Waals surface area contributed by atoms with Crippen molar-refractivity contribution in [2.75, 3.05) is 27.2 Å². The first-order chi connectivity index (χ1) is 12.0. The first-order valence-corrected chi connectivity index (χ1v) is 8.85. The average molecular weight is 338 g/mol. The molecule has 132 valence electrons. The van der Waals surface area contributed by atoms with Gasteiger partial charge in [0.15, 0.2) is 0 Å². The Labute approximate surface area is 149 Å². The first-order valence-electron chi connectivity index (χ1n) is 8.85. The van der Waals surface area contributed by atoms with Gasteiger partial charge >= 0.3 is 0 Å². The van der Waals surface area contributed by atoms with Gasteiger partial charge in [0.1, 0.15) is 0 Å². The van der Waals surface area contributed by atoms with Gasteiger partial charge in [0.05, 0.1) is 11.3 Å². The highest BCUT2D eigenvalue weighted by Crippen LogP contribution is 2.30. The molecule has 1 saturated heterocycles. The number of rotatable bonds is 4. The number of aryl methyl sites for hydroxylation is 1. The summed E-state index contributed by atoms with van der Waals surface area (Å²) in [5.41, 5.74) is 3.95. The summed E-state index contributed by atoms with van der Waals surface area (Å²) in [4.78, 5) is 25.5. The zero-order valence-electron chi connectivity index (χ0n) is 15.3. The molecular formula is C20H26N4O. The quantitative estimate of drug-likeness (QED) is 0.860. The van der Waals surface area contributed by atoms with Gasteiger partial charge in [0.2, 0.25) is 0 Å². The number of piperidine rings is 1. The summed E-state index contributed by atoms with van der Waals surface area (Å²) in [6.07, 6.45) is 5.80. The smallest absolute Gasteiger partial charge is 0.255 e. The van der Waals surface area contributed by atoms with E-state index in [0.29, 0.717) is 5.92 Å². The van der Waals surface area contributed by atoms with Gasteiger partial charge in [-0.1, -0.05) is 6.07 Å². The Bertz CT molecular complexity index is 722. The summed E-state index contributed by atoms with van der Waals surface area (Å²) in [6.45, 7) is 4.96. The zero-order valence-corrected chi connectivity index (χ0v) is 15.3. The number of pyridine rings is 2. The van der Waals surface area contributed by atoms with Crippen LogP contribution in [0.2, 0.25) is 0 Å². The maximum atomic E-state index is 12.5. The third-order valence-electron chi connectivity index (χ3n) is 4.80. The van der Waals surface area contributed by atoms with E-state index in [0.717, 1.165) is 49.4 Å². The SMILES string of the molecule is Cc1ccc(C(=O)N(C)C)c(C2CCN(Cc3cccnc3)CC2)n1. The molecule has 0 saturated carbocycles. The molecule has 0 spiro atoms. The van der Waals surface area contributed by atoms with E-state index in [9.17, 15) is 4.79 Å². The monoisotopic (exact) mass is 338 g/mol. The highest BCUT2D eigenvalue weighted by molar-refractivity contribution is 5.95. The molecule has 0 unspecified atom stereocenters. The van der Waals surface area contributed by atoms with Gasteiger partial charge in [-0.05, 0) is 56.6 Å². The molecule has 0 N–H and O–H groups in total. The molecule has 0 radical (unpaired) electrons. The van der Waals surface area contributed by atoms with Crippen LogP contribution in [-0.4, -0.2) is 52.9 Å². The van der Waals surface area contributed by atoms with Crippen LogP contribution < -0.4 is 0 Å². The molecule has 5 nitrogen and oxygen atoms in total. The van der Waals surface area contributed by atoms with E-state index in [-0.39, 0.29) is 5.91 Å². The van der Waals surface area contributed by atoms with E-state index >= 15 is 0 Å². The van der Waals surface area contributed by atoms with E-state index < -0.39 is 0 Å². The highest BCUT2D eigenvalue weighted by Gasteiger charge is 2.26. The first kappa shape index (κ1) is 17.5. The topological polar surface area (TPSA) is 49.3 Å². The standard InChI is InChI=1S/C20H26N4O/c1-15-6-7-18(20(25)23(2)3)19(22-15)17-8-11-24(12-9-17)14-16-5-4-10-21-13-16/h4-7,10,13,17H,8-9,11-12,14H2,1-3H3. The molecule has 25 heavy (non-hydrogen) atoms. The summed E-state index contributed by atoms with van der Waals surface area (Å²) >= 11 is 0. The molecule has 2 aromatic heterocycles. The summed E-state index contributed by atoms with van der Waals surface area (Å²) in [5, 5.41) is 0. The van der Waals surface area contributed by atoms with Gasteiger partial charge in [0, 0.05) is 44.6 Å². The van der Waals surface area contributed by atoms with Crippen molar-refractivity contribution in [3.8, 4) is 0 Å². The Hall–Kier alpha value is -2.27. The van der Waals surface area contributed by atoms with E-state index in [1.165, 1.54) is 5.56 Å². The molecule has 3 rings (SSSR count). The number of amides is 1. The summed E-state index contributed by atoms with van der Waals surface area (Å²) in [5.74, 6) is 0.393. The predicted octanol–water partition coefficient (Wildman–Crippen LogP) is 2.87. The lowest BCUT2D eigenvalue weighted by Gasteiger charge is -2.32. The van der Waals surface area contributed by atoms with Crippen molar-refractivity contribution in [1.29, 1.82) is 0 Å². The second-order valence-electron chi connectivity index (χ2n) is 7.00. The molecule has 0 aliphatic carbocycles. The number of likely N-dealkylation sites (tertiary alicyclic amines) is 1. The second-order valence-corrected chi connectivity index (χ2v) is 7.00. The molecule has 0 bridgehead atoms. The molecule has 1 aliphatic heterocycles. The van der Waals surface area contributed by atoms with Crippen molar-refractivity contribution in [2.24, 2.45) is 0 Å². The van der Waals surface area contributed by atoms with Crippen LogP contribution in [-0.2, 0) is 6.54 Å². The van der Waals surface area contributed by atoms with Gasteiger partial charge < -0.3 is 4.90 Å². The van der Waals surface area contributed by atoms with Crippen LogP contribution in [0.15, 0.2) is 36.7 Å². The molecular weight excluding hydrogens is 312 g/mol. The normalized spacial score (nSPS) is 16.0. The Morgan fingerprint density at radius 2 is 2.00 bits per heavy atom. The van der Waals surface area contributed by atoms with E-state index in [4.69, 9.17) is 4.98 Å². The van der Waals surface area contributed by atoms with Crippen molar-refractivity contribution < 1.29 is 4.79 Å². The van der Waals surface area contributed by atoms with Crippen molar-refractivity contribution in [3.63, 3.8) is 0 Å². The lowest BCUT2D eigenvalue weighted by molar-refractivity contribution is 0.0824. The minimum absolute atomic E-state index is 0.0419. The van der Waals surface area contributed by atoms with E-state index in [1.54, 1.807) is 19.0 Å². The molecule has 3 heterocycles. The Morgan fingerprint density at radius 3 is 2.64 bits per heavy atom. The highest BCUT2D eigenvalue weighted by atomic mass is 16.2. The van der Waals surface area contributed by atoms with Gasteiger partial charge in [-0.15, -0.1) is 0 Å². The molecule has 5 heteroatoms. The fraction of sp³-hybridized carbons (Fsp3) is 0.450. The van der Waals surface area contributed by atoms with Crippen molar-refractivity contribution >= 4 is 5.91 Å². The molecule has 1 aliphatic rings. The van der Waals surface area contributed by atoms with Crippen LogP contribution in [0.4, 0.5) is 0 Å². The molecule has 0 aromatic carbocycles. The van der Waals surface area contributed by atoms with Gasteiger partial charge in [-0.3, -0.25) is 19.7 Å². The number of carbonyl (C=O) groups excluding carboxylic acids is 1. The number of carbonyl (C=O) groups is 1. The van der Waals surface area contributed by atoms with E-state index in [2.05, 4.69) is 16.0 Å². The number of nitrogens with zero attached hydrogens (tertiary/aromatic N) is 4. The largest absolute Gasteiger partial charge is 0.345 e. The van der Waals surface area contributed by atoms with Crippen molar-refractivity contribution in [1.82, 2.24) is 19.8 Å². The maximum absolute atomic E-state index is 12.5. The Kier molecular flexibility index (Phi) is 5.43. The lowest BCUT2D eigenvalue weighted by atomic mass is 9.89. The lowest BCUT2D eigenvalue weighted by Crippen LogP contribution is -2.34. The molecule has 2 aromatic rings. The van der Waals surface area contributed by atoms with Gasteiger partial charge in [-0.25, -0.2) is 0 Å². The van der Waals surface area contributed by atoms with Gasteiger partial charge in [-0.2, -0.15) is 0 Å². The summed E-state index contributed by atoms with van der Waals surface area (Å²) in [7, 11) is 3.59. The number of hydrogen-bond acceptors (Lipinski definition) is 4. The van der Waals surface area contributed by atoms with Crippen molar-refractivity contribution in [2.45, 2.75) is 32.2 Å². The average Bonchev–Trinajstić information content (AvgIpc) is 2.62. The minimum atomic E-state index is 0.0419. The minimum Gasteiger partial charge on any atom is -0.345 e. The summed E-state index contributed by atoms with van der Waals surface area (Å²) < 4.78 is 0. The fourth-order valence-electron chi connectivity index (χ4n) is 3.42. The van der Waals surface area contributed by atoms with E-state index in [1.807, 2.05) is 37.5 Å². The predicted molar refractivity (Wildman–Crippen MR) is 98.5 cm³/mol. The van der Waals surface area contributed by atoms with Crippen LogP contribution in [0.3, 0.4) is 0 Å². The number of hydrogen-bond donors (Lipinski definition) is 0. The molecule has 1 fully saturated rings. The fourth-order valence-corrected chi connectivity index (χ4v) is 3.42. The molecule has 1 amide bonds. The van der Waals surface area contributed by atoms with Crippen molar-refractivity contribution in [3.05, 3.63) is 59.2 Å². The third kappa shape index (κ3) is 4.23. The Balaban J connectivity index is 1.70. The van der Waals surface area contributed by atoms with Crippen LogP contribution >= 0.6 is 0 Å². The van der Waals surface area contributed by atoms with Crippen LogP contribution in [0.25, 0.3) is 0 Å². The Morgan fingerprint density at radius 1 is 1.24 bits per heavy atom. The maximum Gasteiger partial charge on any atom is 0.255 e. The molecule has 0 atom stereocenters.